The number of urea groups is 1. The Bertz CT molecular complexity index is 894. The molecule has 0 aliphatic rings. The predicted molar refractivity (Wildman–Crippen MR) is 102 cm³/mol. The molecule has 134 valence electrons. The Hall–Kier alpha value is -3.28. The lowest BCUT2D eigenvalue weighted by Gasteiger charge is -2.11. The lowest BCUT2D eigenvalue weighted by atomic mass is 10.1. The number of benzene rings is 2. The van der Waals surface area contributed by atoms with Gasteiger partial charge in [0.2, 0.25) is 0 Å². The average molecular weight is 351 g/mol. The van der Waals surface area contributed by atoms with Crippen molar-refractivity contribution < 1.29 is 14.3 Å². The molecule has 2 amide bonds. The van der Waals surface area contributed by atoms with E-state index in [1.54, 1.807) is 26.5 Å². The van der Waals surface area contributed by atoms with Crippen LogP contribution in [0.5, 0.6) is 11.5 Å². The third-order valence-electron chi connectivity index (χ3n) is 4.02. The van der Waals surface area contributed by atoms with Crippen molar-refractivity contribution in [1.29, 1.82) is 0 Å². The zero-order valence-corrected chi connectivity index (χ0v) is 14.8. The number of amides is 2. The highest BCUT2D eigenvalue weighted by Crippen LogP contribution is 2.27. The van der Waals surface area contributed by atoms with Crippen LogP contribution in [0.1, 0.15) is 5.56 Å². The number of fused-ring (bicyclic) bond motifs is 1. The summed E-state index contributed by atoms with van der Waals surface area (Å²) in [5, 5.41) is 6.62. The smallest absolute Gasteiger partial charge is 0.319 e. The van der Waals surface area contributed by atoms with Crippen LogP contribution in [0, 0.1) is 0 Å². The number of ether oxygens (including phenoxy) is 2. The van der Waals surface area contributed by atoms with Gasteiger partial charge in [-0.05, 0) is 36.2 Å². The Morgan fingerprint density at radius 3 is 2.54 bits per heavy atom. The molecule has 0 fully saturated rings. The summed E-state index contributed by atoms with van der Waals surface area (Å²) in [6.45, 7) is 0.521. The Balaban J connectivity index is 1.61. The van der Waals surface area contributed by atoms with Crippen molar-refractivity contribution in [3.05, 3.63) is 60.3 Å². The van der Waals surface area contributed by atoms with E-state index in [1.165, 1.54) is 0 Å². The maximum absolute atomic E-state index is 12.2. The van der Waals surface area contributed by atoms with Gasteiger partial charge in [0.05, 0.1) is 25.4 Å². The van der Waals surface area contributed by atoms with Crippen molar-refractivity contribution in [3.63, 3.8) is 0 Å². The topological polar surface area (TPSA) is 72.5 Å². The van der Waals surface area contributed by atoms with E-state index in [0.29, 0.717) is 18.0 Å². The molecule has 2 N–H and O–H groups in total. The van der Waals surface area contributed by atoms with Gasteiger partial charge in [-0.1, -0.05) is 18.2 Å². The second-order valence-electron chi connectivity index (χ2n) is 5.73. The summed E-state index contributed by atoms with van der Waals surface area (Å²) in [4.78, 5) is 16.6. The van der Waals surface area contributed by atoms with Crippen LogP contribution in [0.25, 0.3) is 10.9 Å². The number of nitrogens with zero attached hydrogens (tertiary/aromatic N) is 1. The number of hydrogen-bond acceptors (Lipinski definition) is 4. The zero-order chi connectivity index (χ0) is 18.4. The minimum atomic E-state index is -0.279. The van der Waals surface area contributed by atoms with Crippen molar-refractivity contribution in [3.8, 4) is 11.5 Å². The number of rotatable bonds is 6. The highest BCUT2D eigenvalue weighted by Gasteiger charge is 2.09. The lowest BCUT2D eigenvalue weighted by molar-refractivity contribution is 0.252. The third-order valence-corrected chi connectivity index (χ3v) is 4.02. The number of carbonyl (C=O) groups excluding carboxylic acids is 1. The second kappa shape index (κ2) is 8.20. The molecule has 6 nitrogen and oxygen atoms in total. The van der Waals surface area contributed by atoms with E-state index in [2.05, 4.69) is 15.6 Å². The minimum absolute atomic E-state index is 0.279. The van der Waals surface area contributed by atoms with Gasteiger partial charge in [-0.25, -0.2) is 4.79 Å². The first kappa shape index (κ1) is 17.5. The monoisotopic (exact) mass is 351 g/mol. The number of hydrogen-bond donors (Lipinski definition) is 2. The number of pyridine rings is 1. The van der Waals surface area contributed by atoms with E-state index in [9.17, 15) is 4.79 Å². The average Bonchev–Trinajstić information content (AvgIpc) is 2.68. The molecule has 1 aromatic heterocycles. The molecule has 3 aromatic rings. The van der Waals surface area contributed by atoms with Gasteiger partial charge in [0.1, 0.15) is 11.5 Å². The molecule has 0 unspecified atom stereocenters. The van der Waals surface area contributed by atoms with Crippen molar-refractivity contribution in [2.45, 2.75) is 6.42 Å². The van der Waals surface area contributed by atoms with Crippen molar-refractivity contribution in [2.24, 2.45) is 0 Å². The van der Waals surface area contributed by atoms with Gasteiger partial charge < -0.3 is 20.1 Å². The predicted octanol–water partition coefficient (Wildman–Crippen LogP) is 3.62. The van der Waals surface area contributed by atoms with Crippen molar-refractivity contribution in [1.82, 2.24) is 10.3 Å². The number of carbonyl (C=O) groups is 1. The highest BCUT2D eigenvalue weighted by atomic mass is 16.5. The standard InChI is InChI=1S/C20H21N3O3/c1-25-16-7-5-14(6-8-16)9-11-22-20(24)23-18-13-17(26-2)12-15-4-3-10-21-19(15)18/h3-8,10,12-13H,9,11H2,1-2H3,(H2,22,23,24). The maximum Gasteiger partial charge on any atom is 0.319 e. The molecular formula is C20H21N3O3. The van der Waals surface area contributed by atoms with E-state index in [-0.39, 0.29) is 6.03 Å². The molecule has 0 aliphatic carbocycles. The van der Waals surface area contributed by atoms with Crippen LogP contribution < -0.4 is 20.1 Å². The number of anilines is 1. The fourth-order valence-corrected chi connectivity index (χ4v) is 2.66. The van der Waals surface area contributed by atoms with Crippen LogP contribution in [-0.2, 0) is 6.42 Å². The first-order valence-corrected chi connectivity index (χ1v) is 8.30. The van der Waals surface area contributed by atoms with Crippen molar-refractivity contribution in [2.75, 3.05) is 26.1 Å². The quantitative estimate of drug-likeness (QED) is 0.711. The summed E-state index contributed by atoms with van der Waals surface area (Å²) in [7, 11) is 3.23. The van der Waals surface area contributed by atoms with Gasteiger partial charge in [0.25, 0.3) is 0 Å². The summed E-state index contributed by atoms with van der Waals surface area (Å²) in [5.41, 5.74) is 2.46. The fourth-order valence-electron chi connectivity index (χ4n) is 2.66. The number of nitrogens with one attached hydrogen (secondary N) is 2. The second-order valence-corrected chi connectivity index (χ2v) is 5.73. The van der Waals surface area contributed by atoms with Crippen molar-refractivity contribution >= 4 is 22.6 Å². The van der Waals surface area contributed by atoms with Gasteiger partial charge in [0.15, 0.2) is 0 Å². The van der Waals surface area contributed by atoms with Gasteiger partial charge in [-0.2, -0.15) is 0 Å². The van der Waals surface area contributed by atoms with Crippen LogP contribution in [0.3, 0.4) is 0 Å². The first-order valence-electron chi connectivity index (χ1n) is 8.30. The summed E-state index contributed by atoms with van der Waals surface area (Å²) >= 11 is 0. The molecular weight excluding hydrogens is 330 g/mol. The summed E-state index contributed by atoms with van der Waals surface area (Å²) < 4.78 is 10.4. The Kier molecular flexibility index (Phi) is 5.53. The van der Waals surface area contributed by atoms with E-state index < -0.39 is 0 Å². The zero-order valence-electron chi connectivity index (χ0n) is 14.8. The highest BCUT2D eigenvalue weighted by molar-refractivity contribution is 6.00. The number of aromatic nitrogens is 1. The molecule has 6 heteroatoms. The van der Waals surface area contributed by atoms with Gasteiger partial charge in [-0.3, -0.25) is 4.98 Å². The first-order chi connectivity index (χ1) is 12.7. The fraction of sp³-hybridized carbons (Fsp3) is 0.200. The molecule has 0 aliphatic heterocycles. The molecule has 2 aromatic carbocycles. The maximum atomic E-state index is 12.2. The molecule has 0 spiro atoms. The lowest BCUT2D eigenvalue weighted by Crippen LogP contribution is -2.30. The summed E-state index contributed by atoms with van der Waals surface area (Å²) in [5.74, 6) is 1.48. The SMILES string of the molecule is COc1ccc(CCNC(=O)Nc2cc(OC)cc3cccnc23)cc1. The largest absolute Gasteiger partial charge is 0.497 e. The molecule has 0 saturated carbocycles. The third kappa shape index (κ3) is 4.22. The van der Waals surface area contributed by atoms with Gasteiger partial charge >= 0.3 is 6.03 Å². The van der Waals surface area contributed by atoms with Crippen LogP contribution in [0.2, 0.25) is 0 Å². The Labute approximate surface area is 152 Å². The van der Waals surface area contributed by atoms with E-state index in [4.69, 9.17) is 9.47 Å². The van der Waals surface area contributed by atoms with E-state index in [0.717, 1.165) is 28.6 Å². The van der Waals surface area contributed by atoms with Gasteiger partial charge in [0, 0.05) is 24.2 Å². The van der Waals surface area contributed by atoms with E-state index >= 15 is 0 Å². The number of methoxy groups -OCH3 is 2. The van der Waals surface area contributed by atoms with Gasteiger partial charge in [-0.15, -0.1) is 0 Å². The van der Waals surface area contributed by atoms with Crippen LogP contribution in [0.15, 0.2) is 54.7 Å². The molecule has 0 radical (unpaired) electrons. The van der Waals surface area contributed by atoms with Crippen LogP contribution >= 0.6 is 0 Å². The molecule has 0 bridgehead atoms. The Morgan fingerprint density at radius 1 is 1.04 bits per heavy atom. The molecule has 0 atom stereocenters. The van der Waals surface area contributed by atoms with Crippen LogP contribution in [0.4, 0.5) is 10.5 Å². The normalized spacial score (nSPS) is 10.4. The molecule has 26 heavy (non-hydrogen) atoms. The summed E-state index contributed by atoms with van der Waals surface area (Å²) in [6.07, 6.45) is 2.43. The minimum Gasteiger partial charge on any atom is -0.497 e. The molecule has 0 saturated heterocycles. The van der Waals surface area contributed by atoms with E-state index in [1.807, 2.05) is 42.5 Å². The molecule has 3 rings (SSSR count). The van der Waals surface area contributed by atoms with Crippen LogP contribution in [-0.4, -0.2) is 31.8 Å². The molecule has 1 heterocycles. The Morgan fingerprint density at radius 2 is 1.81 bits per heavy atom. The summed E-state index contributed by atoms with van der Waals surface area (Å²) in [6, 6.07) is 14.9.